The topological polar surface area (TPSA) is 87.7 Å². The second-order valence-electron chi connectivity index (χ2n) is 6.00. The summed E-state index contributed by atoms with van der Waals surface area (Å²) in [6, 6.07) is 17.0. The van der Waals surface area contributed by atoms with Crippen molar-refractivity contribution in [1.29, 1.82) is 5.26 Å². The average Bonchev–Trinajstić information content (AvgIpc) is 3.17. The van der Waals surface area contributed by atoms with Crippen LogP contribution in [0.3, 0.4) is 0 Å². The minimum Gasteiger partial charge on any atom is -0.311 e. The zero-order valence-electron chi connectivity index (χ0n) is 15.8. The zero-order chi connectivity index (χ0) is 20.5. The van der Waals surface area contributed by atoms with E-state index in [4.69, 9.17) is 5.26 Å². The third-order valence-corrected chi connectivity index (χ3v) is 5.01. The molecule has 8 heteroatoms. The summed E-state index contributed by atoms with van der Waals surface area (Å²) in [5.41, 5.74) is 1.48. The maximum absolute atomic E-state index is 12.9. The lowest BCUT2D eigenvalue weighted by Crippen LogP contribution is -2.33. The van der Waals surface area contributed by atoms with Crippen molar-refractivity contribution >= 4 is 23.4 Å². The van der Waals surface area contributed by atoms with Gasteiger partial charge in [-0.25, -0.2) is 0 Å². The van der Waals surface area contributed by atoms with E-state index in [1.165, 1.54) is 11.8 Å². The van der Waals surface area contributed by atoms with Crippen LogP contribution in [0.4, 0.5) is 5.69 Å². The smallest absolute Gasteiger partial charge is 0.237 e. The van der Waals surface area contributed by atoms with Gasteiger partial charge in [-0.05, 0) is 24.3 Å². The molecule has 2 aromatic heterocycles. The highest BCUT2D eigenvalue weighted by molar-refractivity contribution is 7.99. The predicted molar refractivity (Wildman–Crippen MR) is 113 cm³/mol. The van der Waals surface area contributed by atoms with Crippen LogP contribution in [-0.4, -0.2) is 38.0 Å². The van der Waals surface area contributed by atoms with Gasteiger partial charge in [0.25, 0.3) is 0 Å². The van der Waals surface area contributed by atoms with Crippen LogP contribution in [-0.2, 0) is 11.3 Å². The first-order valence-corrected chi connectivity index (χ1v) is 10.0. The Morgan fingerprint density at radius 2 is 2.00 bits per heavy atom. The molecule has 0 unspecified atom stereocenters. The first-order chi connectivity index (χ1) is 14.2. The van der Waals surface area contributed by atoms with Crippen molar-refractivity contribution in [1.82, 2.24) is 19.7 Å². The van der Waals surface area contributed by atoms with Gasteiger partial charge in [0, 0.05) is 25.0 Å². The van der Waals surface area contributed by atoms with Crippen molar-refractivity contribution in [3.63, 3.8) is 0 Å². The highest BCUT2D eigenvalue weighted by Crippen LogP contribution is 2.24. The number of nitriles is 1. The number of nitrogens with zero attached hydrogens (tertiary/aromatic N) is 6. The van der Waals surface area contributed by atoms with Crippen molar-refractivity contribution in [3.8, 4) is 17.6 Å². The Balaban J connectivity index is 1.77. The monoisotopic (exact) mass is 404 g/mol. The van der Waals surface area contributed by atoms with Gasteiger partial charge >= 0.3 is 0 Å². The molecule has 0 saturated heterocycles. The van der Waals surface area contributed by atoms with E-state index in [-0.39, 0.29) is 18.1 Å². The van der Waals surface area contributed by atoms with Crippen molar-refractivity contribution in [2.75, 3.05) is 17.2 Å². The molecule has 29 heavy (non-hydrogen) atoms. The molecule has 146 valence electrons. The van der Waals surface area contributed by atoms with Crippen LogP contribution in [0.5, 0.6) is 0 Å². The Bertz CT molecular complexity index is 997. The highest BCUT2D eigenvalue weighted by Gasteiger charge is 2.19. The third kappa shape index (κ3) is 5.09. The molecule has 0 fully saturated rings. The van der Waals surface area contributed by atoms with E-state index in [0.29, 0.717) is 29.8 Å². The Morgan fingerprint density at radius 1 is 1.21 bits per heavy atom. The van der Waals surface area contributed by atoms with Gasteiger partial charge in [0.2, 0.25) is 5.91 Å². The second-order valence-corrected chi connectivity index (χ2v) is 6.94. The van der Waals surface area contributed by atoms with Gasteiger partial charge in [-0.3, -0.25) is 14.3 Å². The van der Waals surface area contributed by atoms with Crippen LogP contribution >= 0.6 is 11.8 Å². The lowest BCUT2D eigenvalue weighted by atomic mass is 10.2. The number of amides is 1. The standard InChI is InChI=1S/C21H20N6OS/c1-2-14-27-20(18-11-6-7-13-23-18)24-25-21(27)29-16-19(28)26(15-8-12-22)17-9-4-3-5-10-17/h2-7,9-11,13H,1,8,14-16H2. The number of benzene rings is 1. The number of hydrogen-bond donors (Lipinski definition) is 0. The SMILES string of the molecule is C=CCn1c(SCC(=O)N(CCC#N)c2ccccc2)nnc1-c1ccccn1. The maximum Gasteiger partial charge on any atom is 0.237 e. The van der Waals surface area contributed by atoms with Gasteiger partial charge in [0.05, 0.1) is 18.2 Å². The Morgan fingerprint density at radius 3 is 2.69 bits per heavy atom. The first kappa shape index (κ1) is 20.3. The number of rotatable bonds is 9. The van der Waals surface area contributed by atoms with Gasteiger partial charge < -0.3 is 4.90 Å². The molecular formula is C21H20N6OS. The van der Waals surface area contributed by atoms with Crippen LogP contribution < -0.4 is 4.90 Å². The molecule has 0 aliphatic rings. The van der Waals surface area contributed by atoms with E-state index in [9.17, 15) is 4.79 Å². The fourth-order valence-electron chi connectivity index (χ4n) is 2.75. The first-order valence-electron chi connectivity index (χ1n) is 9.05. The number of carbonyl (C=O) groups excluding carboxylic acids is 1. The van der Waals surface area contributed by atoms with Crippen molar-refractivity contribution < 1.29 is 4.79 Å². The molecule has 3 rings (SSSR count). The molecule has 0 aliphatic heterocycles. The number of para-hydroxylation sites is 1. The van der Waals surface area contributed by atoms with Crippen LogP contribution in [0.25, 0.3) is 11.5 Å². The summed E-state index contributed by atoms with van der Waals surface area (Å²) in [5, 5.41) is 18.0. The van der Waals surface area contributed by atoms with Crippen molar-refractivity contribution in [3.05, 3.63) is 67.4 Å². The fourth-order valence-corrected chi connectivity index (χ4v) is 3.57. The summed E-state index contributed by atoms with van der Waals surface area (Å²) >= 11 is 1.31. The van der Waals surface area contributed by atoms with Gasteiger partial charge in [0.1, 0.15) is 5.69 Å². The van der Waals surface area contributed by atoms with Crippen LogP contribution in [0.2, 0.25) is 0 Å². The van der Waals surface area contributed by atoms with E-state index in [1.807, 2.05) is 53.1 Å². The number of hydrogen-bond acceptors (Lipinski definition) is 6. The molecule has 3 aromatic rings. The quantitative estimate of drug-likeness (QED) is 0.400. The largest absolute Gasteiger partial charge is 0.311 e. The van der Waals surface area contributed by atoms with E-state index in [1.54, 1.807) is 17.2 Å². The van der Waals surface area contributed by atoms with E-state index in [0.717, 1.165) is 5.69 Å². The summed E-state index contributed by atoms with van der Waals surface area (Å²) in [7, 11) is 0. The molecule has 0 bridgehead atoms. The minimum absolute atomic E-state index is 0.0935. The summed E-state index contributed by atoms with van der Waals surface area (Å²) in [5.74, 6) is 0.714. The summed E-state index contributed by atoms with van der Waals surface area (Å²) < 4.78 is 1.88. The van der Waals surface area contributed by atoms with E-state index in [2.05, 4.69) is 27.8 Å². The number of carbonyl (C=O) groups is 1. The molecule has 2 heterocycles. The molecule has 0 spiro atoms. The average molecular weight is 404 g/mol. The lowest BCUT2D eigenvalue weighted by Gasteiger charge is -2.21. The Hall–Kier alpha value is -3.44. The van der Waals surface area contributed by atoms with Gasteiger partial charge in [-0.15, -0.1) is 16.8 Å². The molecule has 1 amide bonds. The van der Waals surface area contributed by atoms with Gasteiger partial charge in [-0.2, -0.15) is 5.26 Å². The van der Waals surface area contributed by atoms with Crippen LogP contribution in [0.15, 0.2) is 72.5 Å². The van der Waals surface area contributed by atoms with Crippen LogP contribution in [0.1, 0.15) is 6.42 Å². The van der Waals surface area contributed by atoms with Crippen molar-refractivity contribution in [2.24, 2.45) is 0 Å². The third-order valence-electron chi connectivity index (χ3n) is 4.06. The molecule has 1 aromatic carbocycles. The minimum atomic E-state index is -0.0935. The van der Waals surface area contributed by atoms with E-state index < -0.39 is 0 Å². The number of pyridine rings is 1. The Labute approximate surface area is 173 Å². The number of anilines is 1. The van der Waals surface area contributed by atoms with Crippen LogP contribution in [0, 0.1) is 11.3 Å². The second kappa shape index (κ2) is 10.2. The van der Waals surface area contributed by atoms with Gasteiger partial charge in [-0.1, -0.05) is 42.1 Å². The zero-order valence-corrected chi connectivity index (χ0v) is 16.6. The highest BCUT2D eigenvalue weighted by atomic mass is 32.2. The molecule has 0 N–H and O–H groups in total. The number of thioether (sulfide) groups is 1. The summed E-state index contributed by atoms with van der Waals surface area (Å²) in [4.78, 5) is 18.8. The normalized spacial score (nSPS) is 10.3. The maximum atomic E-state index is 12.9. The molecular weight excluding hydrogens is 384 g/mol. The van der Waals surface area contributed by atoms with E-state index >= 15 is 0 Å². The molecule has 0 radical (unpaired) electrons. The molecule has 7 nitrogen and oxygen atoms in total. The van der Waals surface area contributed by atoms with Crippen molar-refractivity contribution in [2.45, 2.75) is 18.1 Å². The summed E-state index contributed by atoms with van der Waals surface area (Å²) in [6.07, 6.45) is 3.72. The molecule has 0 aliphatic carbocycles. The fraction of sp³-hybridized carbons (Fsp3) is 0.190. The number of allylic oxidation sites excluding steroid dienone is 1. The van der Waals surface area contributed by atoms with Gasteiger partial charge in [0.15, 0.2) is 11.0 Å². The molecule has 0 saturated carbocycles. The summed E-state index contributed by atoms with van der Waals surface area (Å²) in [6.45, 7) is 4.65. The Kier molecular flexibility index (Phi) is 7.14. The predicted octanol–water partition coefficient (Wildman–Crippen LogP) is 3.57. The lowest BCUT2D eigenvalue weighted by molar-refractivity contribution is -0.116. The number of aromatic nitrogens is 4. The molecule has 0 atom stereocenters.